The number of carbonyl (C=O) groups excluding carboxylic acids is 9. The van der Waals surface area contributed by atoms with E-state index in [1.165, 1.54) is 119 Å². The summed E-state index contributed by atoms with van der Waals surface area (Å²) >= 11 is 8.12. The molecule has 1 unspecified atom stereocenters. The number of benzene rings is 9. The van der Waals surface area contributed by atoms with Crippen molar-refractivity contribution in [1.82, 2.24) is 16.0 Å². The Labute approximate surface area is 842 Å². The van der Waals surface area contributed by atoms with Gasteiger partial charge in [0.15, 0.2) is 30.7 Å². The summed E-state index contributed by atoms with van der Waals surface area (Å²) in [6, 6.07) is 72.4. The van der Waals surface area contributed by atoms with Crippen LogP contribution in [0.3, 0.4) is 0 Å². The Balaban J connectivity index is 0.000000768. The first-order valence-corrected chi connectivity index (χ1v) is 52.7. The predicted molar refractivity (Wildman–Crippen MR) is 601 cm³/mol. The summed E-state index contributed by atoms with van der Waals surface area (Å²) in [6.07, 6.45) is 33.2. The molecule has 0 aliphatic carbocycles. The summed E-state index contributed by atoms with van der Waals surface area (Å²) in [7, 11) is 0. The molecule has 0 fully saturated rings. The van der Waals surface area contributed by atoms with Crippen LogP contribution in [0.15, 0.2) is 278 Å². The van der Waals surface area contributed by atoms with Crippen molar-refractivity contribution in [2.75, 3.05) is 0 Å². The van der Waals surface area contributed by atoms with Gasteiger partial charge in [-0.05, 0) is 125 Å². The van der Waals surface area contributed by atoms with E-state index in [-0.39, 0.29) is 54.3 Å². The van der Waals surface area contributed by atoms with Crippen LogP contribution in [0, 0.1) is 5.92 Å². The van der Waals surface area contributed by atoms with Crippen molar-refractivity contribution < 1.29 is 43.2 Å². The average molecular weight is 1950 g/mol. The molecule has 0 bridgehead atoms. The fourth-order valence-corrected chi connectivity index (χ4v) is 15.7. The lowest BCUT2D eigenvalue weighted by Gasteiger charge is -2.12. The van der Waals surface area contributed by atoms with E-state index >= 15 is 0 Å². The second-order valence-electron chi connectivity index (χ2n) is 31.1. The Morgan fingerprint density at radius 3 is 0.919 bits per heavy atom. The highest BCUT2D eigenvalue weighted by Gasteiger charge is 2.13. The molecule has 0 heterocycles. The third-order valence-electron chi connectivity index (χ3n) is 20.0. The van der Waals surface area contributed by atoms with Crippen LogP contribution in [-0.2, 0) is 97.3 Å². The lowest BCUT2D eigenvalue weighted by molar-refractivity contribution is -0.125. The highest BCUT2D eigenvalue weighted by Crippen LogP contribution is 2.24. The standard InChI is InChI=1S/C19H29NO.2C15H21NO.3C12H14OS.3C11H12OS/c1-4-6-7-8-9-10-16(3)19(21)20-15-18-13-11-17(5-2)12-14-18;1-3-5-6-10-15(17)16-12-14-9-7-8-13(4-2)11-14;1-3-5-6-7-15(17)16-12-14-10-8-13(4-2)9-11-14;1-3-10-5-7-11(8-6-10)9-14-12(13)4-2;1-3-10-6-5-7-11(8-10)9-14-12(13)4-2;1-3-10-7-5-6-8-11(10)9-14-12(13)4-2;1-3-10-4-6-11(7-5-10)8-13-9(2)12;1-3-10-5-4-6-11(7-10)8-13-9(2)12;1-3-10-6-4-5-7-11(10)8-13-9(2)12/h5,11-14,16H,2,4,6-10,15H2,1,3H3,(H,20,21);4,7-9,11H,2-3,5-6,10,12H2,1H3,(H,16,17);4,8-11H,2-3,5-7,12H2,1H3,(H,16,17);3*3,5-8H,1,4,9H2,2H3;3*3-7H,1,8H2,2H3. The molecular formula is C118H149N3O9S6. The van der Waals surface area contributed by atoms with Gasteiger partial charge in [0.1, 0.15) is 0 Å². The number of thioether (sulfide) groups is 6. The monoisotopic (exact) mass is 1940 g/mol. The predicted octanol–water partition coefficient (Wildman–Crippen LogP) is 31.8. The molecule has 0 saturated heterocycles. The van der Waals surface area contributed by atoms with Gasteiger partial charge in [-0.2, -0.15) is 0 Å². The molecule has 3 N–H and O–H groups in total. The number of nitrogens with one attached hydrogen (secondary N) is 3. The van der Waals surface area contributed by atoms with Crippen molar-refractivity contribution in [3.05, 3.63) is 378 Å². The van der Waals surface area contributed by atoms with Gasteiger partial charge >= 0.3 is 0 Å². The van der Waals surface area contributed by atoms with Crippen LogP contribution in [-0.4, -0.2) is 48.4 Å². The van der Waals surface area contributed by atoms with Gasteiger partial charge in [-0.1, -0.05) is 503 Å². The second-order valence-corrected chi connectivity index (χ2v) is 37.7. The molecule has 0 aliphatic heterocycles. The molecule has 3 amide bonds. The number of hydrogen-bond donors (Lipinski definition) is 3. The lowest BCUT2D eigenvalue weighted by Crippen LogP contribution is -2.28. The van der Waals surface area contributed by atoms with Gasteiger partial charge in [-0.3, -0.25) is 43.2 Å². The molecule has 0 aliphatic rings. The van der Waals surface area contributed by atoms with Gasteiger partial charge in [0, 0.05) is 113 Å². The van der Waals surface area contributed by atoms with Crippen LogP contribution in [0.2, 0.25) is 0 Å². The van der Waals surface area contributed by atoms with Crippen molar-refractivity contribution in [1.29, 1.82) is 0 Å². The molecule has 0 aromatic heterocycles. The lowest BCUT2D eigenvalue weighted by atomic mass is 10.0. The Morgan fingerprint density at radius 1 is 0.279 bits per heavy atom. The highest BCUT2D eigenvalue weighted by atomic mass is 32.2. The van der Waals surface area contributed by atoms with E-state index in [4.69, 9.17) is 0 Å². The highest BCUT2D eigenvalue weighted by molar-refractivity contribution is 8.14. The molecule has 9 aromatic carbocycles. The molecule has 1 atom stereocenters. The van der Waals surface area contributed by atoms with Gasteiger partial charge in [0.2, 0.25) is 17.7 Å². The summed E-state index contributed by atoms with van der Waals surface area (Å²) in [5, 5.41) is 10.1. The Bertz CT molecular complexity index is 5060. The zero-order valence-electron chi connectivity index (χ0n) is 82.4. The molecule has 9 rings (SSSR count). The summed E-state index contributed by atoms with van der Waals surface area (Å²) in [5.74, 6) is 5.07. The molecule has 0 saturated carbocycles. The first-order valence-electron chi connectivity index (χ1n) is 46.7. The quantitative estimate of drug-likeness (QED) is 0.0305. The van der Waals surface area contributed by atoms with Crippen molar-refractivity contribution in [2.24, 2.45) is 5.92 Å². The van der Waals surface area contributed by atoms with Crippen LogP contribution in [0.5, 0.6) is 0 Å². The van der Waals surface area contributed by atoms with Crippen molar-refractivity contribution in [3.8, 4) is 0 Å². The Hall–Kier alpha value is -10.8. The fraction of sp³-hybridized carbons (Fsp3) is 0.314. The maximum absolute atomic E-state index is 12.0. The second kappa shape index (κ2) is 80.3. The van der Waals surface area contributed by atoms with Gasteiger partial charge in [-0.25, -0.2) is 0 Å². The zero-order chi connectivity index (χ0) is 101. The van der Waals surface area contributed by atoms with E-state index in [1.54, 1.807) is 20.8 Å². The Morgan fingerprint density at radius 2 is 0.566 bits per heavy atom. The number of amides is 3. The van der Waals surface area contributed by atoms with Gasteiger partial charge < -0.3 is 16.0 Å². The van der Waals surface area contributed by atoms with E-state index in [1.807, 2.05) is 295 Å². The summed E-state index contributed by atoms with van der Waals surface area (Å²) < 4.78 is 0. The number of carbonyl (C=O) groups is 9. The molecular weight excluding hydrogens is 1800 g/mol. The molecule has 9 aromatic rings. The van der Waals surface area contributed by atoms with Crippen molar-refractivity contribution in [2.45, 2.75) is 233 Å². The van der Waals surface area contributed by atoms with Crippen molar-refractivity contribution >= 4 is 174 Å². The van der Waals surface area contributed by atoms with Crippen LogP contribution < -0.4 is 16.0 Å². The third-order valence-corrected chi connectivity index (χ3v) is 25.9. The van der Waals surface area contributed by atoms with Gasteiger partial charge in [0.25, 0.3) is 0 Å². The minimum Gasteiger partial charge on any atom is -0.352 e. The largest absolute Gasteiger partial charge is 0.352 e. The molecule has 0 radical (unpaired) electrons. The van der Waals surface area contributed by atoms with E-state index in [2.05, 4.69) is 102 Å². The van der Waals surface area contributed by atoms with Crippen molar-refractivity contribution in [3.63, 3.8) is 0 Å². The first-order chi connectivity index (χ1) is 65.6. The summed E-state index contributed by atoms with van der Waals surface area (Å²) in [6.45, 7) is 54.2. The SMILES string of the molecule is C=Cc1ccc(CNC(=O)C(C)CCCCCCC)cc1.C=Cc1ccc(CNC(=O)CCCCC)cc1.C=Cc1ccc(CSC(=O)CC)cc1.C=Cc1ccc(CSC(C)=O)cc1.C=Cc1cccc(CNC(=O)CCCCC)c1.C=Cc1cccc(CSC(=O)CC)c1.C=Cc1cccc(CSC(C)=O)c1.C=Cc1ccccc1CSC(=O)CC.C=Cc1ccccc1CSC(C)=O. The van der Waals surface area contributed by atoms with E-state index in [0.717, 1.165) is 164 Å². The number of rotatable bonds is 45. The number of hydrogen-bond acceptors (Lipinski definition) is 15. The van der Waals surface area contributed by atoms with E-state index < -0.39 is 0 Å². The van der Waals surface area contributed by atoms with Gasteiger partial charge in [-0.15, -0.1) is 0 Å². The molecule has 726 valence electrons. The summed E-state index contributed by atoms with van der Waals surface area (Å²) in [4.78, 5) is 100. The zero-order valence-corrected chi connectivity index (χ0v) is 87.3. The molecule has 136 heavy (non-hydrogen) atoms. The normalized spacial score (nSPS) is 10.1. The Kier molecular flexibility index (Phi) is 72.7. The third kappa shape index (κ3) is 62.7. The maximum atomic E-state index is 12.0. The number of unbranched alkanes of at least 4 members (excludes halogenated alkanes) is 8. The van der Waals surface area contributed by atoms with Crippen LogP contribution in [0.25, 0.3) is 54.7 Å². The fourth-order valence-electron chi connectivity index (χ4n) is 11.8. The first kappa shape index (κ1) is 123. The molecule has 18 heteroatoms. The van der Waals surface area contributed by atoms with E-state index in [9.17, 15) is 43.2 Å². The van der Waals surface area contributed by atoms with Crippen LogP contribution in [0.4, 0.5) is 0 Å². The van der Waals surface area contributed by atoms with Crippen LogP contribution >= 0.6 is 70.6 Å². The smallest absolute Gasteiger partial charge is 0.223 e. The maximum Gasteiger partial charge on any atom is 0.223 e. The average Bonchev–Trinajstić information content (AvgIpc) is 0.882. The van der Waals surface area contributed by atoms with Gasteiger partial charge in [0.05, 0.1) is 0 Å². The minimum absolute atomic E-state index is 0.110. The summed E-state index contributed by atoms with van der Waals surface area (Å²) in [5.41, 5.74) is 20.3. The van der Waals surface area contributed by atoms with E-state index in [0.29, 0.717) is 51.7 Å². The van der Waals surface area contributed by atoms with Crippen LogP contribution in [0.1, 0.15) is 279 Å². The molecule has 0 spiro atoms. The minimum atomic E-state index is 0.110. The molecule has 12 nitrogen and oxygen atoms in total. The topological polar surface area (TPSA) is 190 Å².